The van der Waals surface area contributed by atoms with E-state index >= 15 is 0 Å². The Kier molecular flexibility index (Phi) is 7.59. The summed E-state index contributed by atoms with van der Waals surface area (Å²) in [7, 11) is 0. The number of aliphatic hydroxyl groups is 2. The lowest BCUT2D eigenvalue weighted by molar-refractivity contribution is -0.144. The van der Waals surface area contributed by atoms with Crippen molar-refractivity contribution in [3.8, 4) is 0 Å². The van der Waals surface area contributed by atoms with Crippen molar-refractivity contribution in [1.29, 1.82) is 0 Å². The van der Waals surface area contributed by atoms with Crippen LogP contribution in [0.3, 0.4) is 0 Å². The standard InChI is InChI=1S/C12H20O2.2C4H6O2/c13-7-11-2-9-1-10(4-11)5-12(3-9,6-11)8-14;2*1-3(2)4(5)6/h9-10,13-14H,1-8H2;2*1H2,2H3,(H,5,6). The summed E-state index contributed by atoms with van der Waals surface area (Å²) in [6.45, 7) is 9.90. The molecule has 0 amide bonds. The molecule has 0 unspecified atom stereocenters. The average Bonchev–Trinajstić information content (AvgIpc) is 2.54. The van der Waals surface area contributed by atoms with Gasteiger partial charge in [0.05, 0.1) is 0 Å². The van der Waals surface area contributed by atoms with Crippen LogP contribution in [0.25, 0.3) is 0 Å². The molecule has 4 N–H and O–H groups in total. The third-order valence-corrected chi connectivity index (χ3v) is 5.70. The molecular weight excluding hydrogens is 336 g/mol. The van der Waals surface area contributed by atoms with Crippen molar-refractivity contribution in [2.75, 3.05) is 13.2 Å². The fourth-order valence-electron chi connectivity index (χ4n) is 5.02. The third kappa shape index (κ3) is 5.68. The minimum atomic E-state index is -0.935. The predicted molar refractivity (Wildman–Crippen MR) is 98.6 cm³/mol. The predicted octanol–water partition coefficient (Wildman–Crippen LogP) is 2.85. The Bertz CT molecular complexity index is 481. The Morgan fingerprint density at radius 3 is 1.31 bits per heavy atom. The van der Waals surface area contributed by atoms with Gasteiger partial charge in [0.25, 0.3) is 0 Å². The van der Waals surface area contributed by atoms with E-state index in [-0.39, 0.29) is 22.0 Å². The second-order valence-electron chi connectivity index (χ2n) is 8.45. The Labute approximate surface area is 155 Å². The summed E-state index contributed by atoms with van der Waals surface area (Å²) >= 11 is 0. The number of hydrogen-bond acceptors (Lipinski definition) is 4. The van der Waals surface area contributed by atoms with Gasteiger partial charge >= 0.3 is 11.9 Å². The zero-order chi connectivity index (χ0) is 20.1. The summed E-state index contributed by atoms with van der Waals surface area (Å²) in [5, 5.41) is 34.9. The minimum Gasteiger partial charge on any atom is -0.478 e. The quantitative estimate of drug-likeness (QED) is 0.567. The molecule has 0 aromatic carbocycles. The second kappa shape index (κ2) is 8.82. The summed E-state index contributed by atoms with van der Waals surface area (Å²) in [5.74, 6) is -0.267. The van der Waals surface area contributed by atoms with E-state index in [2.05, 4.69) is 13.2 Å². The Morgan fingerprint density at radius 1 is 0.846 bits per heavy atom. The van der Waals surface area contributed by atoms with E-state index in [9.17, 15) is 19.8 Å². The lowest BCUT2D eigenvalue weighted by Crippen LogP contribution is -2.54. The molecule has 4 rings (SSSR count). The topological polar surface area (TPSA) is 115 Å². The molecule has 0 saturated heterocycles. The highest BCUT2D eigenvalue weighted by atomic mass is 16.4. The molecule has 4 saturated carbocycles. The van der Waals surface area contributed by atoms with Crippen molar-refractivity contribution in [3.63, 3.8) is 0 Å². The van der Waals surface area contributed by atoms with Crippen molar-refractivity contribution < 1.29 is 30.0 Å². The zero-order valence-electron chi connectivity index (χ0n) is 15.8. The molecule has 0 radical (unpaired) electrons. The molecular formula is C20H32O6. The number of hydrogen-bond donors (Lipinski definition) is 4. The van der Waals surface area contributed by atoms with Crippen LogP contribution in [0.5, 0.6) is 0 Å². The number of rotatable bonds is 4. The summed E-state index contributed by atoms with van der Waals surface area (Å²) in [5.41, 5.74) is 0.754. The largest absolute Gasteiger partial charge is 0.478 e. The van der Waals surface area contributed by atoms with Gasteiger partial charge in [0.2, 0.25) is 0 Å². The van der Waals surface area contributed by atoms with Gasteiger partial charge in [-0.2, -0.15) is 0 Å². The molecule has 0 atom stereocenters. The molecule has 0 aliphatic heterocycles. The first-order valence-electron chi connectivity index (χ1n) is 8.97. The van der Waals surface area contributed by atoms with Crippen molar-refractivity contribution >= 4 is 11.9 Å². The fraction of sp³-hybridized carbons (Fsp3) is 0.700. The molecule has 6 heteroatoms. The van der Waals surface area contributed by atoms with Gasteiger partial charge in [-0.25, -0.2) is 9.59 Å². The van der Waals surface area contributed by atoms with Crippen LogP contribution in [0, 0.1) is 22.7 Å². The van der Waals surface area contributed by atoms with Gasteiger partial charge in [0.15, 0.2) is 0 Å². The van der Waals surface area contributed by atoms with Crippen molar-refractivity contribution in [3.05, 3.63) is 24.3 Å². The zero-order valence-corrected chi connectivity index (χ0v) is 15.8. The number of aliphatic carboxylic acids is 2. The van der Waals surface area contributed by atoms with E-state index in [0.29, 0.717) is 13.2 Å². The van der Waals surface area contributed by atoms with E-state index in [1.165, 1.54) is 46.0 Å². The first-order valence-corrected chi connectivity index (χ1v) is 8.97. The summed E-state index contributed by atoms with van der Waals surface area (Å²) in [6.07, 6.45) is 7.34. The number of carboxylic acids is 2. The van der Waals surface area contributed by atoms with Crippen LogP contribution in [0.1, 0.15) is 52.4 Å². The fourth-order valence-corrected chi connectivity index (χ4v) is 5.02. The first kappa shape index (κ1) is 22.4. The van der Waals surface area contributed by atoms with Crippen LogP contribution in [0.4, 0.5) is 0 Å². The van der Waals surface area contributed by atoms with Crippen LogP contribution in [0.2, 0.25) is 0 Å². The van der Waals surface area contributed by atoms with Gasteiger partial charge in [-0.15, -0.1) is 0 Å². The average molecular weight is 368 g/mol. The van der Waals surface area contributed by atoms with Gasteiger partial charge in [0, 0.05) is 24.4 Å². The molecule has 0 aromatic heterocycles. The van der Waals surface area contributed by atoms with Gasteiger partial charge in [-0.1, -0.05) is 13.2 Å². The SMILES string of the molecule is C=C(C)C(=O)O.C=C(C)C(=O)O.OCC12CC3CC(C1)CC(CO)(C3)C2. The number of carboxylic acid groups (broad SMARTS) is 2. The molecule has 0 aromatic rings. The van der Waals surface area contributed by atoms with Crippen molar-refractivity contribution in [2.45, 2.75) is 52.4 Å². The molecule has 4 aliphatic rings. The van der Waals surface area contributed by atoms with E-state index in [1.807, 2.05) is 0 Å². The lowest BCUT2D eigenvalue weighted by atomic mass is 9.44. The van der Waals surface area contributed by atoms with Gasteiger partial charge in [0.1, 0.15) is 0 Å². The molecule has 4 fully saturated rings. The van der Waals surface area contributed by atoms with Crippen LogP contribution >= 0.6 is 0 Å². The lowest BCUT2D eigenvalue weighted by Gasteiger charge is -2.61. The first-order chi connectivity index (χ1) is 12.0. The molecule has 6 nitrogen and oxygen atoms in total. The minimum absolute atomic E-state index is 0.176. The maximum absolute atomic E-state index is 9.60. The molecule has 148 valence electrons. The number of carbonyl (C=O) groups is 2. The highest BCUT2D eigenvalue weighted by molar-refractivity contribution is 5.85. The Morgan fingerprint density at radius 2 is 1.12 bits per heavy atom. The molecule has 26 heavy (non-hydrogen) atoms. The summed E-state index contributed by atoms with van der Waals surface area (Å²) in [4.78, 5) is 19.2. The van der Waals surface area contributed by atoms with Gasteiger partial charge < -0.3 is 20.4 Å². The number of aliphatic hydroxyl groups excluding tert-OH is 2. The molecule has 4 bridgehead atoms. The van der Waals surface area contributed by atoms with E-state index in [1.54, 1.807) is 0 Å². The van der Waals surface area contributed by atoms with Crippen LogP contribution in [-0.4, -0.2) is 45.6 Å². The highest BCUT2D eigenvalue weighted by Gasteiger charge is 2.56. The van der Waals surface area contributed by atoms with Gasteiger partial charge in [-0.05, 0) is 75.0 Å². The van der Waals surface area contributed by atoms with Crippen molar-refractivity contribution in [2.24, 2.45) is 22.7 Å². The monoisotopic (exact) mass is 368 g/mol. The summed E-state index contributed by atoms with van der Waals surface area (Å²) < 4.78 is 0. The maximum atomic E-state index is 9.60. The van der Waals surface area contributed by atoms with Crippen LogP contribution in [0.15, 0.2) is 24.3 Å². The molecule has 0 spiro atoms. The highest BCUT2D eigenvalue weighted by Crippen LogP contribution is 2.64. The normalized spacial score (nSPS) is 33.2. The smallest absolute Gasteiger partial charge is 0.330 e. The van der Waals surface area contributed by atoms with Crippen molar-refractivity contribution in [1.82, 2.24) is 0 Å². The Balaban J connectivity index is 0.000000238. The van der Waals surface area contributed by atoms with E-state index in [4.69, 9.17) is 10.2 Å². The second-order valence-corrected chi connectivity index (χ2v) is 8.45. The molecule has 0 heterocycles. The van der Waals surface area contributed by atoms with Gasteiger partial charge in [-0.3, -0.25) is 0 Å². The van der Waals surface area contributed by atoms with Crippen LogP contribution < -0.4 is 0 Å². The summed E-state index contributed by atoms with van der Waals surface area (Å²) in [6, 6.07) is 0. The van der Waals surface area contributed by atoms with Crippen LogP contribution in [-0.2, 0) is 9.59 Å². The molecule has 4 aliphatic carbocycles. The van der Waals surface area contributed by atoms with E-state index < -0.39 is 11.9 Å². The maximum Gasteiger partial charge on any atom is 0.330 e. The van der Waals surface area contributed by atoms with E-state index in [0.717, 1.165) is 18.3 Å². The Hall–Kier alpha value is -1.66. The third-order valence-electron chi connectivity index (χ3n) is 5.70.